The van der Waals surface area contributed by atoms with Crippen molar-refractivity contribution in [3.05, 3.63) is 22.7 Å². The third-order valence-corrected chi connectivity index (χ3v) is 6.70. The Bertz CT molecular complexity index is 972. The van der Waals surface area contributed by atoms with Crippen molar-refractivity contribution in [2.75, 3.05) is 46.6 Å². The van der Waals surface area contributed by atoms with Crippen molar-refractivity contribution in [1.82, 2.24) is 9.55 Å². The van der Waals surface area contributed by atoms with Gasteiger partial charge in [-0.25, -0.2) is 13.7 Å². The first-order chi connectivity index (χ1) is 14.4. The van der Waals surface area contributed by atoms with Crippen molar-refractivity contribution in [2.24, 2.45) is 0 Å². The fourth-order valence-corrected chi connectivity index (χ4v) is 4.51. The Labute approximate surface area is 180 Å². The van der Waals surface area contributed by atoms with Crippen LogP contribution >= 0.6 is 15.6 Å². The van der Waals surface area contributed by atoms with Gasteiger partial charge < -0.3 is 34.4 Å². The fraction of sp³-hybridized carbons (Fsp3) is 0.714. The zero-order valence-electron chi connectivity index (χ0n) is 17.2. The summed E-state index contributed by atoms with van der Waals surface area (Å²) in [5.74, 6) is -4.28. The number of aliphatic hydroxyl groups is 1. The molecule has 18 heteroatoms. The molecule has 0 aliphatic carbocycles. The first-order valence-corrected chi connectivity index (χ1v) is 11.9. The third kappa shape index (κ3) is 7.09. The number of ether oxygens (including phenoxy) is 1. The largest absolute Gasteiger partial charge is 0.756 e. The molecular formula is C14H24F2N4O10P2. The number of anilines is 1. The molecule has 14 nitrogen and oxygen atoms in total. The highest BCUT2D eigenvalue weighted by Gasteiger charge is 2.60. The van der Waals surface area contributed by atoms with Crippen molar-refractivity contribution in [2.45, 2.75) is 24.4 Å². The van der Waals surface area contributed by atoms with Gasteiger partial charge >= 0.3 is 19.4 Å². The highest BCUT2D eigenvalue weighted by Crippen LogP contribution is 2.58. The van der Waals surface area contributed by atoms with Gasteiger partial charge in [0.15, 0.2) is 6.10 Å². The molecule has 1 aromatic rings. The van der Waals surface area contributed by atoms with E-state index >= 15 is 0 Å². The predicted octanol–water partition coefficient (Wildman–Crippen LogP) is -0.956. The lowest BCUT2D eigenvalue weighted by Gasteiger charge is -2.28. The van der Waals surface area contributed by atoms with E-state index < -0.39 is 52.3 Å². The van der Waals surface area contributed by atoms with Gasteiger partial charge in [-0.3, -0.25) is 13.7 Å². The maximum atomic E-state index is 14.4. The van der Waals surface area contributed by atoms with Crippen molar-refractivity contribution in [3.8, 4) is 0 Å². The molecule has 2 rings (SSSR count). The van der Waals surface area contributed by atoms with Crippen LogP contribution in [0.2, 0.25) is 0 Å². The van der Waals surface area contributed by atoms with Crippen LogP contribution in [0.15, 0.2) is 17.1 Å². The van der Waals surface area contributed by atoms with Gasteiger partial charge in [-0.05, 0) is 6.07 Å². The van der Waals surface area contributed by atoms with Crippen LogP contribution < -0.4 is 16.3 Å². The number of nitrogens with two attached hydrogens (primary N) is 1. The quantitative estimate of drug-likeness (QED) is 0.259. The average Bonchev–Trinajstić information content (AvgIpc) is 2.81. The summed E-state index contributed by atoms with van der Waals surface area (Å²) >= 11 is 0. The van der Waals surface area contributed by atoms with Gasteiger partial charge in [0.1, 0.15) is 25.1 Å². The molecule has 1 fully saturated rings. The molecule has 4 N–H and O–H groups in total. The minimum absolute atomic E-state index is 0.212. The lowest BCUT2D eigenvalue weighted by Crippen LogP contribution is -2.42. The SMILES string of the molecule is C[N+](C)(C)CCOP(=O)([O-])OP(=O)(O)OCC1OC(n2ccc(N)nc2=O)C(F)(F)C1O. The Morgan fingerprint density at radius 1 is 1.38 bits per heavy atom. The molecule has 184 valence electrons. The second kappa shape index (κ2) is 9.50. The molecule has 1 saturated heterocycles. The maximum absolute atomic E-state index is 14.4. The smallest absolute Gasteiger partial charge is 0.478 e. The molecule has 0 bridgehead atoms. The van der Waals surface area contributed by atoms with Crippen LogP contribution in [0.25, 0.3) is 0 Å². The summed E-state index contributed by atoms with van der Waals surface area (Å²) in [6.45, 7) is -1.34. The number of phosphoric acid groups is 2. The monoisotopic (exact) mass is 508 g/mol. The predicted molar refractivity (Wildman–Crippen MR) is 101 cm³/mol. The van der Waals surface area contributed by atoms with Crippen molar-refractivity contribution >= 4 is 21.5 Å². The van der Waals surface area contributed by atoms with E-state index in [1.165, 1.54) is 0 Å². The van der Waals surface area contributed by atoms with E-state index in [-0.39, 0.29) is 19.0 Å². The summed E-state index contributed by atoms with van der Waals surface area (Å²) in [7, 11) is -5.43. The van der Waals surface area contributed by atoms with Crippen LogP contribution in [0.3, 0.4) is 0 Å². The zero-order valence-corrected chi connectivity index (χ0v) is 19.0. The summed E-state index contributed by atoms with van der Waals surface area (Å²) < 4.78 is 70.9. The van der Waals surface area contributed by atoms with Gasteiger partial charge in [0.2, 0.25) is 6.23 Å². The molecule has 0 saturated carbocycles. The molecule has 0 spiro atoms. The lowest BCUT2D eigenvalue weighted by atomic mass is 10.1. The van der Waals surface area contributed by atoms with Gasteiger partial charge in [-0.15, -0.1) is 0 Å². The molecule has 0 aromatic carbocycles. The number of phosphoric ester groups is 2. The van der Waals surface area contributed by atoms with E-state index in [0.717, 1.165) is 12.3 Å². The van der Waals surface area contributed by atoms with Crippen molar-refractivity contribution in [3.63, 3.8) is 0 Å². The van der Waals surface area contributed by atoms with Gasteiger partial charge in [-0.2, -0.15) is 13.8 Å². The number of hydrogen-bond donors (Lipinski definition) is 3. The number of rotatable bonds is 10. The zero-order chi connectivity index (χ0) is 24.5. The first kappa shape index (κ1) is 26.9. The van der Waals surface area contributed by atoms with Crippen molar-refractivity contribution in [1.29, 1.82) is 0 Å². The van der Waals surface area contributed by atoms with E-state index in [1.54, 1.807) is 21.1 Å². The van der Waals surface area contributed by atoms with Gasteiger partial charge in [-0.1, -0.05) is 0 Å². The van der Waals surface area contributed by atoms with Crippen LogP contribution in [-0.2, 0) is 27.2 Å². The summed E-state index contributed by atoms with van der Waals surface area (Å²) in [6, 6.07) is 1.04. The molecule has 1 aromatic heterocycles. The average molecular weight is 508 g/mol. The molecule has 5 unspecified atom stereocenters. The topological polar surface area (TPSA) is 195 Å². The van der Waals surface area contributed by atoms with E-state index in [9.17, 15) is 37.6 Å². The Kier molecular flexibility index (Phi) is 8.00. The van der Waals surface area contributed by atoms with E-state index in [4.69, 9.17) is 10.5 Å². The third-order valence-electron chi connectivity index (χ3n) is 4.10. The summed E-state index contributed by atoms with van der Waals surface area (Å²) in [4.78, 5) is 36.4. The van der Waals surface area contributed by atoms with Crippen LogP contribution in [-0.4, -0.2) is 83.1 Å². The highest BCUT2D eigenvalue weighted by atomic mass is 31.3. The Morgan fingerprint density at radius 3 is 2.56 bits per heavy atom. The van der Waals surface area contributed by atoms with Gasteiger partial charge in [0, 0.05) is 6.20 Å². The number of nitrogen functional groups attached to an aromatic ring is 1. The van der Waals surface area contributed by atoms with E-state index in [2.05, 4.69) is 18.3 Å². The summed E-state index contributed by atoms with van der Waals surface area (Å²) in [5.41, 5.74) is 4.10. The highest BCUT2D eigenvalue weighted by molar-refractivity contribution is 7.60. The molecule has 0 radical (unpaired) electrons. The van der Waals surface area contributed by atoms with Gasteiger partial charge in [0.05, 0.1) is 27.7 Å². The fourth-order valence-electron chi connectivity index (χ4n) is 2.48. The second-order valence-electron chi connectivity index (χ2n) is 7.83. The number of quaternary nitrogens is 1. The van der Waals surface area contributed by atoms with Crippen LogP contribution in [0.1, 0.15) is 6.23 Å². The summed E-state index contributed by atoms with van der Waals surface area (Å²) in [5, 5.41) is 9.85. The second-order valence-corrected chi connectivity index (χ2v) is 10.8. The van der Waals surface area contributed by atoms with E-state index in [0.29, 0.717) is 9.05 Å². The summed E-state index contributed by atoms with van der Waals surface area (Å²) in [6.07, 6.45) is -6.00. The molecule has 0 amide bonds. The molecule has 1 aliphatic heterocycles. The lowest BCUT2D eigenvalue weighted by molar-refractivity contribution is -0.870. The molecule has 32 heavy (non-hydrogen) atoms. The minimum atomic E-state index is -5.36. The number of aliphatic hydroxyl groups excluding tert-OH is 1. The maximum Gasteiger partial charge on any atom is 0.478 e. The van der Waals surface area contributed by atoms with Crippen LogP contribution in [0.4, 0.5) is 14.6 Å². The number of hydrogen-bond acceptors (Lipinski definition) is 11. The number of likely N-dealkylation sites (N-methyl/N-ethyl adjacent to an activating group) is 1. The minimum Gasteiger partial charge on any atom is -0.756 e. The molecule has 5 atom stereocenters. The number of halogens is 2. The number of aromatic nitrogens is 2. The van der Waals surface area contributed by atoms with Crippen LogP contribution in [0, 0.1) is 0 Å². The molecular weight excluding hydrogens is 484 g/mol. The molecule has 2 heterocycles. The Balaban J connectivity index is 2.02. The van der Waals surface area contributed by atoms with Crippen molar-refractivity contribution < 1.29 is 55.4 Å². The number of nitrogens with zero attached hydrogens (tertiary/aromatic N) is 3. The number of alkyl halides is 2. The normalized spacial score (nSPS) is 27.1. The molecule has 1 aliphatic rings. The van der Waals surface area contributed by atoms with Crippen LogP contribution in [0.5, 0.6) is 0 Å². The van der Waals surface area contributed by atoms with Gasteiger partial charge in [0.25, 0.3) is 7.82 Å². The van der Waals surface area contributed by atoms with E-state index in [1.807, 2.05) is 0 Å². The Hall–Kier alpha value is -1.32. The Morgan fingerprint density at radius 2 is 2.00 bits per heavy atom. The first-order valence-electron chi connectivity index (χ1n) is 8.94. The standard InChI is InChI=1S/C14H24F2N4O10P2/c1-20(2,3)6-7-27-31(23,24)30-32(25,26)28-8-9-11(21)14(15,16)12(29-9)19-5-4-10(17)18-13(19)22/h4-5,9,11-12,21H,6-8H2,1-3H3,(H3-,17,18,22,23,24,25,26).